The van der Waals surface area contributed by atoms with Crippen molar-refractivity contribution in [1.82, 2.24) is 4.90 Å². The number of aliphatic hydroxyl groups excluding tert-OH is 1. The molecule has 0 aromatic heterocycles. The molecule has 0 atom stereocenters. The molecule has 0 aliphatic carbocycles. The summed E-state index contributed by atoms with van der Waals surface area (Å²) in [4.78, 5) is 1.18. The second-order valence-corrected chi connectivity index (χ2v) is 4.33. The van der Waals surface area contributed by atoms with Crippen LogP contribution in [0.5, 0.6) is 0 Å². The first-order chi connectivity index (χ1) is 7.20. The molecule has 0 aliphatic heterocycles. The minimum absolute atomic E-state index is 0.0271. The third kappa shape index (κ3) is 7.90. The van der Waals surface area contributed by atoms with Crippen molar-refractivity contribution in [1.29, 1.82) is 0 Å². The Morgan fingerprint density at radius 3 is 2.12 bits per heavy atom. The van der Waals surface area contributed by atoms with E-state index in [2.05, 4.69) is 0 Å². The van der Waals surface area contributed by atoms with Gasteiger partial charge in [-0.05, 0) is 20.3 Å². The summed E-state index contributed by atoms with van der Waals surface area (Å²) >= 11 is 0. The van der Waals surface area contributed by atoms with Gasteiger partial charge in [-0.15, -0.1) is 0 Å². The highest BCUT2D eigenvalue weighted by Crippen LogP contribution is 2.18. The number of halogens is 3. The zero-order valence-corrected chi connectivity index (χ0v) is 9.97. The van der Waals surface area contributed by atoms with Crippen LogP contribution in [0.1, 0.15) is 20.3 Å². The Kier molecular flexibility index (Phi) is 6.28. The molecule has 0 aliphatic rings. The zero-order chi connectivity index (χ0) is 12.8. The van der Waals surface area contributed by atoms with Crippen LogP contribution in [0.2, 0.25) is 0 Å². The molecule has 0 bridgehead atoms. The Hall–Kier alpha value is -0.330. The van der Waals surface area contributed by atoms with Crippen LogP contribution >= 0.6 is 0 Å². The normalized spacial score (nSPS) is 13.5. The van der Waals surface area contributed by atoms with E-state index in [0.717, 1.165) is 0 Å². The predicted octanol–water partition coefficient (Wildman–Crippen LogP) is 1.66. The van der Waals surface area contributed by atoms with Crippen molar-refractivity contribution >= 4 is 0 Å². The van der Waals surface area contributed by atoms with Crippen LogP contribution in [0.3, 0.4) is 0 Å². The lowest BCUT2D eigenvalue weighted by molar-refractivity contribution is -0.148. The van der Waals surface area contributed by atoms with Gasteiger partial charge in [-0.1, -0.05) is 0 Å². The SMILES string of the molecule is COC(C)(C)CCN(CCO)CC(F)(F)F. The topological polar surface area (TPSA) is 32.7 Å². The minimum Gasteiger partial charge on any atom is -0.395 e. The average molecular weight is 243 g/mol. The molecule has 0 spiro atoms. The predicted molar refractivity (Wildman–Crippen MR) is 55.3 cm³/mol. The Bertz CT molecular complexity index is 195. The molecule has 98 valence electrons. The average Bonchev–Trinajstić information content (AvgIpc) is 2.13. The van der Waals surface area contributed by atoms with Crippen molar-refractivity contribution in [3.63, 3.8) is 0 Å². The van der Waals surface area contributed by atoms with Gasteiger partial charge in [-0.2, -0.15) is 13.2 Å². The number of methoxy groups -OCH3 is 1. The monoisotopic (exact) mass is 243 g/mol. The highest BCUT2D eigenvalue weighted by Gasteiger charge is 2.31. The van der Waals surface area contributed by atoms with Gasteiger partial charge in [0, 0.05) is 20.2 Å². The van der Waals surface area contributed by atoms with E-state index in [-0.39, 0.29) is 19.7 Å². The van der Waals surface area contributed by atoms with Crippen molar-refractivity contribution in [2.45, 2.75) is 32.0 Å². The lowest BCUT2D eigenvalue weighted by Gasteiger charge is -2.28. The molecule has 0 rings (SSSR count). The molecule has 0 aromatic rings. The van der Waals surface area contributed by atoms with Gasteiger partial charge in [-0.3, -0.25) is 4.90 Å². The Balaban J connectivity index is 4.14. The van der Waals surface area contributed by atoms with E-state index in [4.69, 9.17) is 9.84 Å². The van der Waals surface area contributed by atoms with E-state index in [1.807, 2.05) is 13.8 Å². The van der Waals surface area contributed by atoms with Crippen LogP contribution in [0, 0.1) is 0 Å². The minimum atomic E-state index is -4.23. The number of hydrogen-bond donors (Lipinski definition) is 1. The maximum Gasteiger partial charge on any atom is 0.401 e. The van der Waals surface area contributed by atoms with Gasteiger partial charge in [0.15, 0.2) is 0 Å². The van der Waals surface area contributed by atoms with Gasteiger partial charge in [0.25, 0.3) is 0 Å². The maximum absolute atomic E-state index is 12.2. The van der Waals surface area contributed by atoms with E-state index >= 15 is 0 Å². The summed E-state index contributed by atoms with van der Waals surface area (Å²) in [5.41, 5.74) is -0.445. The molecule has 0 heterocycles. The second kappa shape index (κ2) is 6.42. The maximum atomic E-state index is 12.2. The molecule has 0 radical (unpaired) electrons. The molecule has 3 nitrogen and oxygen atoms in total. The van der Waals surface area contributed by atoms with Gasteiger partial charge < -0.3 is 9.84 Å². The van der Waals surface area contributed by atoms with E-state index in [9.17, 15) is 13.2 Å². The molecule has 0 fully saturated rings. The van der Waals surface area contributed by atoms with Crippen molar-refractivity contribution in [2.75, 3.05) is 33.4 Å². The molecule has 0 aromatic carbocycles. The second-order valence-electron chi connectivity index (χ2n) is 4.33. The largest absolute Gasteiger partial charge is 0.401 e. The Labute approximate surface area is 94.2 Å². The molecule has 0 saturated carbocycles. The van der Waals surface area contributed by atoms with Crippen molar-refractivity contribution in [3.05, 3.63) is 0 Å². The van der Waals surface area contributed by atoms with E-state index in [0.29, 0.717) is 6.42 Å². The first-order valence-corrected chi connectivity index (χ1v) is 5.15. The standard InChI is InChI=1S/C10H20F3NO2/c1-9(2,16-3)4-5-14(6-7-15)8-10(11,12)13/h15H,4-8H2,1-3H3. The van der Waals surface area contributed by atoms with Gasteiger partial charge in [-0.25, -0.2) is 0 Å². The highest BCUT2D eigenvalue weighted by molar-refractivity contribution is 4.72. The number of alkyl halides is 3. The summed E-state index contributed by atoms with van der Waals surface area (Å²) in [7, 11) is 1.53. The van der Waals surface area contributed by atoms with Crippen molar-refractivity contribution in [3.8, 4) is 0 Å². The van der Waals surface area contributed by atoms with Gasteiger partial charge in [0.05, 0.1) is 18.8 Å². The highest BCUT2D eigenvalue weighted by atomic mass is 19.4. The fraction of sp³-hybridized carbons (Fsp3) is 1.00. The fourth-order valence-corrected chi connectivity index (χ4v) is 1.19. The molecule has 0 amide bonds. The van der Waals surface area contributed by atoms with Crippen LogP contribution < -0.4 is 0 Å². The van der Waals surface area contributed by atoms with Gasteiger partial charge >= 0.3 is 6.18 Å². The summed E-state index contributed by atoms with van der Waals surface area (Å²) in [6.45, 7) is 2.65. The van der Waals surface area contributed by atoms with Crippen molar-refractivity contribution in [2.24, 2.45) is 0 Å². The fourth-order valence-electron chi connectivity index (χ4n) is 1.19. The van der Waals surface area contributed by atoms with Crippen LogP contribution in [0.4, 0.5) is 13.2 Å². The number of ether oxygens (including phenoxy) is 1. The van der Waals surface area contributed by atoms with Gasteiger partial charge in [0.2, 0.25) is 0 Å². The summed E-state index contributed by atoms with van der Waals surface area (Å²) in [6, 6.07) is 0. The summed E-state index contributed by atoms with van der Waals surface area (Å²) in [6.07, 6.45) is -3.74. The first kappa shape index (κ1) is 15.7. The van der Waals surface area contributed by atoms with Crippen LogP contribution in [-0.2, 0) is 4.74 Å². The summed E-state index contributed by atoms with van der Waals surface area (Å²) in [5, 5.41) is 8.68. The van der Waals surface area contributed by atoms with E-state index in [1.54, 1.807) is 0 Å². The number of nitrogens with zero attached hydrogens (tertiary/aromatic N) is 1. The summed E-state index contributed by atoms with van der Waals surface area (Å²) in [5.74, 6) is 0. The van der Waals surface area contributed by atoms with Crippen molar-refractivity contribution < 1.29 is 23.0 Å². The number of aliphatic hydroxyl groups is 1. The van der Waals surface area contributed by atoms with Crippen LogP contribution in [0.15, 0.2) is 0 Å². The lowest BCUT2D eigenvalue weighted by atomic mass is 10.1. The smallest absolute Gasteiger partial charge is 0.395 e. The van der Waals surface area contributed by atoms with E-state index < -0.39 is 18.3 Å². The molecule has 0 unspecified atom stereocenters. The molecular weight excluding hydrogens is 223 g/mol. The molecule has 1 N–H and O–H groups in total. The van der Waals surface area contributed by atoms with Crippen LogP contribution in [0.25, 0.3) is 0 Å². The first-order valence-electron chi connectivity index (χ1n) is 5.15. The Morgan fingerprint density at radius 2 is 1.75 bits per heavy atom. The quantitative estimate of drug-likeness (QED) is 0.738. The van der Waals surface area contributed by atoms with Crippen LogP contribution in [-0.4, -0.2) is 55.1 Å². The molecule has 0 saturated heterocycles. The third-order valence-corrected chi connectivity index (χ3v) is 2.40. The number of rotatable bonds is 7. The number of hydrogen-bond acceptors (Lipinski definition) is 3. The van der Waals surface area contributed by atoms with Gasteiger partial charge in [0.1, 0.15) is 0 Å². The molecule has 6 heteroatoms. The molecular formula is C10H20F3NO2. The Morgan fingerprint density at radius 1 is 1.19 bits per heavy atom. The summed E-state index contributed by atoms with van der Waals surface area (Å²) < 4.78 is 41.7. The van der Waals surface area contributed by atoms with E-state index in [1.165, 1.54) is 12.0 Å². The third-order valence-electron chi connectivity index (χ3n) is 2.40. The molecule has 16 heavy (non-hydrogen) atoms. The zero-order valence-electron chi connectivity index (χ0n) is 9.97. The lowest BCUT2D eigenvalue weighted by Crippen LogP contribution is -2.39.